The number of thiophene rings is 1. The van der Waals surface area contributed by atoms with Crippen LogP contribution in [0, 0.1) is 19.8 Å². The van der Waals surface area contributed by atoms with E-state index in [-0.39, 0.29) is 5.91 Å². The number of amides is 1. The fourth-order valence-corrected chi connectivity index (χ4v) is 3.99. The van der Waals surface area contributed by atoms with Crippen LogP contribution in [0.5, 0.6) is 0 Å². The molecular formula is C19H27N3O3S. The van der Waals surface area contributed by atoms with Gasteiger partial charge in [-0.25, -0.2) is 4.79 Å². The fraction of sp³-hybridized carbons (Fsp3) is 0.526. The minimum atomic E-state index is -0.406. The zero-order valence-corrected chi connectivity index (χ0v) is 17.1. The predicted octanol–water partition coefficient (Wildman–Crippen LogP) is 3.65. The van der Waals surface area contributed by atoms with Gasteiger partial charge in [0, 0.05) is 19.2 Å². The zero-order chi connectivity index (χ0) is 19.4. The topological polar surface area (TPSA) is 73.2 Å². The van der Waals surface area contributed by atoms with Crippen molar-refractivity contribution in [2.24, 2.45) is 13.0 Å². The minimum absolute atomic E-state index is 0.115. The van der Waals surface area contributed by atoms with Crippen molar-refractivity contribution < 1.29 is 14.3 Å². The van der Waals surface area contributed by atoms with Gasteiger partial charge < -0.3 is 10.1 Å². The van der Waals surface area contributed by atoms with Crippen LogP contribution in [0.4, 0.5) is 5.00 Å². The maximum atomic E-state index is 12.4. The molecule has 0 saturated heterocycles. The lowest BCUT2D eigenvalue weighted by atomic mass is 10.0. The van der Waals surface area contributed by atoms with Gasteiger partial charge in [0.2, 0.25) is 5.91 Å². The summed E-state index contributed by atoms with van der Waals surface area (Å²) in [5, 5.41) is 9.76. The number of nitrogens with zero attached hydrogens (tertiary/aromatic N) is 2. The highest BCUT2D eigenvalue weighted by atomic mass is 32.1. The maximum Gasteiger partial charge on any atom is 0.341 e. The number of esters is 1. The van der Waals surface area contributed by atoms with E-state index in [0.717, 1.165) is 28.9 Å². The van der Waals surface area contributed by atoms with E-state index in [1.807, 2.05) is 31.0 Å². The third-order valence-corrected chi connectivity index (χ3v) is 5.34. The number of methoxy groups -OCH3 is 1. The summed E-state index contributed by atoms with van der Waals surface area (Å²) in [5.74, 6) is -0.111. The van der Waals surface area contributed by atoms with Crippen LogP contribution in [0.15, 0.2) is 5.38 Å². The minimum Gasteiger partial charge on any atom is -0.465 e. The second kappa shape index (κ2) is 8.49. The fourth-order valence-electron chi connectivity index (χ4n) is 3.01. The molecule has 6 nitrogen and oxygen atoms in total. The van der Waals surface area contributed by atoms with Crippen molar-refractivity contribution in [3.63, 3.8) is 0 Å². The molecule has 0 unspecified atom stereocenters. The van der Waals surface area contributed by atoms with E-state index < -0.39 is 5.97 Å². The number of carbonyl (C=O) groups is 2. The molecule has 0 atom stereocenters. The molecule has 0 fully saturated rings. The van der Waals surface area contributed by atoms with Crippen LogP contribution in [0.1, 0.15) is 53.1 Å². The average Bonchev–Trinajstić information content (AvgIpc) is 3.05. The number of hydrogen-bond donors (Lipinski definition) is 1. The Morgan fingerprint density at radius 2 is 2.04 bits per heavy atom. The first-order valence-corrected chi connectivity index (χ1v) is 9.60. The third kappa shape index (κ3) is 4.52. The SMILES string of the molecule is COC(=O)c1c(CC(C)C)csc1NC(=O)CCc1c(C)nn(C)c1C. The van der Waals surface area contributed by atoms with Gasteiger partial charge in [-0.2, -0.15) is 5.10 Å². The van der Waals surface area contributed by atoms with E-state index in [0.29, 0.717) is 29.3 Å². The molecule has 1 N–H and O–H groups in total. The lowest BCUT2D eigenvalue weighted by Crippen LogP contribution is -2.15. The molecule has 0 aliphatic heterocycles. The number of rotatable bonds is 7. The molecule has 26 heavy (non-hydrogen) atoms. The van der Waals surface area contributed by atoms with E-state index in [1.165, 1.54) is 18.4 Å². The molecular weight excluding hydrogens is 350 g/mol. The maximum absolute atomic E-state index is 12.4. The Morgan fingerprint density at radius 3 is 2.58 bits per heavy atom. The Labute approximate surface area is 158 Å². The van der Waals surface area contributed by atoms with E-state index in [9.17, 15) is 9.59 Å². The Morgan fingerprint density at radius 1 is 1.35 bits per heavy atom. The summed E-state index contributed by atoms with van der Waals surface area (Å²) in [5.41, 5.74) is 4.52. The van der Waals surface area contributed by atoms with Gasteiger partial charge in [-0.15, -0.1) is 11.3 Å². The normalized spacial score (nSPS) is 11.0. The predicted molar refractivity (Wildman–Crippen MR) is 104 cm³/mol. The van der Waals surface area contributed by atoms with Crippen LogP contribution in [0.25, 0.3) is 0 Å². The Balaban J connectivity index is 2.11. The molecule has 2 heterocycles. The van der Waals surface area contributed by atoms with Crippen LogP contribution >= 0.6 is 11.3 Å². The van der Waals surface area contributed by atoms with Crippen LogP contribution in [-0.4, -0.2) is 28.8 Å². The zero-order valence-electron chi connectivity index (χ0n) is 16.3. The molecule has 0 radical (unpaired) electrons. The lowest BCUT2D eigenvalue weighted by molar-refractivity contribution is -0.116. The molecule has 0 saturated carbocycles. The van der Waals surface area contributed by atoms with Gasteiger partial charge in [-0.3, -0.25) is 9.48 Å². The standard InChI is InChI=1S/C19H27N3O3S/c1-11(2)9-14-10-26-18(17(14)19(24)25-6)20-16(23)8-7-15-12(3)21-22(5)13(15)4/h10-11H,7-9H2,1-6H3,(H,20,23). The molecule has 0 bridgehead atoms. The highest BCUT2D eigenvalue weighted by molar-refractivity contribution is 7.15. The second-order valence-electron chi connectivity index (χ2n) is 6.88. The smallest absolute Gasteiger partial charge is 0.341 e. The monoisotopic (exact) mass is 377 g/mol. The van der Waals surface area contributed by atoms with Crippen LogP contribution in [0.3, 0.4) is 0 Å². The first kappa shape index (κ1) is 20.2. The van der Waals surface area contributed by atoms with E-state index >= 15 is 0 Å². The highest BCUT2D eigenvalue weighted by Gasteiger charge is 2.22. The average molecular weight is 378 g/mol. The Hall–Kier alpha value is -2.15. The van der Waals surface area contributed by atoms with Gasteiger partial charge in [0.1, 0.15) is 5.00 Å². The van der Waals surface area contributed by atoms with Gasteiger partial charge in [-0.05, 0) is 49.1 Å². The van der Waals surface area contributed by atoms with Crippen molar-refractivity contribution in [3.8, 4) is 0 Å². The van der Waals surface area contributed by atoms with Crippen LogP contribution in [0.2, 0.25) is 0 Å². The van der Waals surface area contributed by atoms with Gasteiger partial charge in [0.15, 0.2) is 0 Å². The van der Waals surface area contributed by atoms with Crippen molar-refractivity contribution >= 4 is 28.2 Å². The molecule has 0 spiro atoms. The van der Waals surface area contributed by atoms with Gasteiger partial charge in [-0.1, -0.05) is 13.8 Å². The summed E-state index contributed by atoms with van der Waals surface area (Å²) in [6.45, 7) is 8.14. The quantitative estimate of drug-likeness (QED) is 0.748. The first-order chi connectivity index (χ1) is 12.2. The number of aryl methyl sites for hydroxylation is 2. The molecule has 0 aliphatic rings. The van der Waals surface area contributed by atoms with Crippen molar-refractivity contribution in [2.75, 3.05) is 12.4 Å². The van der Waals surface area contributed by atoms with E-state index in [1.54, 1.807) is 0 Å². The van der Waals surface area contributed by atoms with E-state index in [4.69, 9.17) is 4.74 Å². The Bertz CT molecular complexity index is 805. The molecule has 142 valence electrons. The van der Waals surface area contributed by atoms with Gasteiger partial charge in [0.05, 0.1) is 18.4 Å². The second-order valence-corrected chi connectivity index (χ2v) is 7.76. The van der Waals surface area contributed by atoms with Crippen molar-refractivity contribution in [3.05, 3.63) is 33.5 Å². The first-order valence-electron chi connectivity index (χ1n) is 8.72. The molecule has 0 aliphatic carbocycles. The summed E-state index contributed by atoms with van der Waals surface area (Å²) in [4.78, 5) is 24.6. The molecule has 7 heteroatoms. The number of ether oxygens (including phenoxy) is 1. The molecule has 2 rings (SSSR count). The van der Waals surface area contributed by atoms with E-state index in [2.05, 4.69) is 24.3 Å². The molecule has 1 amide bonds. The molecule has 2 aromatic heterocycles. The number of aromatic nitrogens is 2. The van der Waals surface area contributed by atoms with Crippen LogP contribution in [-0.2, 0) is 29.4 Å². The van der Waals surface area contributed by atoms with Crippen molar-refractivity contribution in [1.29, 1.82) is 0 Å². The number of nitrogens with one attached hydrogen (secondary N) is 1. The number of carbonyl (C=O) groups excluding carboxylic acids is 2. The summed E-state index contributed by atoms with van der Waals surface area (Å²) in [7, 11) is 3.26. The van der Waals surface area contributed by atoms with Crippen molar-refractivity contribution in [1.82, 2.24) is 9.78 Å². The molecule has 0 aromatic carbocycles. The highest BCUT2D eigenvalue weighted by Crippen LogP contribution is 2.31. The Kier molecular flexibility index (Phi) is 6.58. The van der Waals surface area contributed by atoms with Crippen LogP contribution < -0.4 is 5.32 Å². The number of hydrogen-bond acceptors (Lipinski definition) is 5. The van der Waals surface area contributed by atoms with Gasteiger partial charge in [0.25, 0.3) is 0 Å². The summed E-state index contributed by atoms with van der Waals surface area (Å²) in [6, 6.07) is 0. The van der Waals surface area contributed by atoms with Crippen molar-refractivity contribution in [2.45, 2.75) is 47.0 Å². The molecule has 2 aromatic rings. The van der Waals surface area contributed by atoms with Gasteiger partial charge >= 0.3 is 5.97 Å². The third-order valence-electron chi connectivity index (χ3n) is 4.40. The summed E-state index contributed by atoms with van der Waals surface area (Å²) in [6.07, 6.45) is 1.73. The summed E-state index contributed by atoms with van der Waals surface area (Å²) >= 11 is 1.37. The largest absolute Gasteiger partial charge is 0.465 e. The number of anilines is 1. The summed E-state index contributed by atoms with van der Waals surface area (Å²) < 4.78 is 6.74. The lowest BCUT2D eigenvalue weighted by Gasteiger charge is -2.09.